The number of ether oxygens (including phenoxy) is 1. The lowest BCUT2D eigenvalue weighted by atomic mass is 9.86. The van der Waals surface area contributed by atoms with E-state index in [0.717, 1.165) is 19.3 Å². The molecule has 0 heterocycles. The third kappa shape index (κ3) is 4.12. The van der Waals surface area contributed by atoms with Crippen molar-refractivity contribution in [2.24, 2.45) is 5.92 Å². The van der Waals surface area contributed by atoms with Crippen molar-refractivity contribution in [1.29, 1.82) is 0 Å². The number of nitrogens with one attached hydrogen (secondary N) is 2. The molecule has 0 spiro atoms. The fraction of sp³-hybridized carbons (Fsp3) is 0.588. The van der Waals surface area contributed by atoms with Crippen LogP contribution < -0.4 is 15.4 Å². The average molecular weight is 308 g/mol. The fourth-order valence-electron chi connectivity index (χ4n) is 2.97. The Bertz CT molecular complexity index is 521. The first-order valence-corrected chi connectivity index (χ1v) is 7.91. The Balaban J connectivity index is 1.91. The summed E-state index contributed by atoms with van der Waals surface area (Å²) in [4.78, 5) is 12.1. The Hall–Kier alpha value is -1.78. The zero-order valence-electron chi connectivity index (χ0n) is 13.5. The number of carbonyl (C=O) groups is 1. The van der Waals surface area contributed by atoms with Crippen LogP contribution in [0.1, 0.15) is 51.1 Å². The number of rotatable bonds is 4. The molecule has 1 saturated carbocycles. The number of carbonyl (C=O) groups excluding carboxylic acids is 1. The van der Waals surface area contributed by atoms with Gasteiger partial charge in [0.2, 0.25) is 0 Å². The SMILES string of the molecule is COc1ccc([C@H](C)NC(=O)N[C@H]2CCCC[C@@H]2C)cc1F. The first-order chi connectivity index (χ1) is 10.5. The van der Waals surface area contributed by atoms with Gasteiger partial charge in [0.25, 0.3) is 0 Å². The number of halogens is 1. The highest BCUT2D eigenvalue weighted by Gasteiger charge is 2.23. The topological polar surface area (TPSA) is 50.4 Å². The molecule has 0 radical (unpaired) electrons. The molecule has 1 aromatic rings. The number of hydrogen-bond acceptors (Lipinski definition) is 2. The highest BCUT2D eigenvalue weighted by Crippen LogP contribution is 2.24. The van der Waals surface area contributed by atoms with Gasteiger partial charge in [0.1, 0.15) is 0 Å². The third-order valence-corrected chi connectivity index (χ3v) is 4.45. The molecular weight excluding hydrogens is 283 g/mol. The number of methoxy groups -OCH3 is 1. The lowest BCUT2D eigenvalue weighted by Crippen LogP contribution is -2.46. The van der Waals surface area contributed by atoms with Crippen LogP contribution in [0.4, 0.5) is 9.18 Å². The van der Waals surface area contributed by atoms with Crippen molar-refractivity contribution in [1.82, 2.24) is 10.6 Å². The van der Waals surface area contributed by atoms with E-state index in [1.807, 2.05) is 6.92 Å². The minimum atomic E-state index is -0.421. The van der Waals surface area contributed by atoms with E-state index in [0.29, 0.717) is 11.5 Å². The molecule has 3 atom stereocenters. The first kappa shape index (κ1) is 16.6. The van der Waals surface area contributed by atoms with E-state index in [2.05, 4.69) is 17.6 Å². The van der Waals surface area contributed by atoms with E-state index in [4.69, 9.17) is 4.74 Å². The van der Waals surface area contributed by atoms with Crippen LogP contribution in [0.25, 0.3) is 0 Å². The molecule has 22 heavy (non-hydrogen) atoms. The van der Waals surface area contributed by atoms with Crippen LogP contribution in [-0.4, -0.2) is 19.2 Å². The highest BCUT2D eigenvalue weighted by atomic mass is 19.1. The van der Waals surface area contributed by atoms with E-state index in [1.165, 1.54) is 19.6 Å². The van der Waals surface area contributed by atoms with Gasteiger partial charge in [-0.1, -0.05) is 25.8 Å². The molecule has 1 fully saturated rings. The van der Waals surface area contributed by atoms with Crippen molar-refractivity contribution in [2.45, 2.75) is 51.6 Å². The van der Waals surface area contributed by atoms with Crippen LogP contribution in [0.15, 0.2) is 18.2 Å². The van der Waals surface area contributed by atoms with Crippen molar-refractivity contribution in [3.05, 3.63) is 29.6 Å². The molecule has 5 heteroatoms. The number of amides is 2. The maximum atomic E-state index is 13.7. The van der Waals surface area contributed by atoms with Gasteiger partial charge in [0, 0.05) is 6.04 Å². The van der Waals surface area contributed by atoms with Crippen LogP contribution in [0, 0.1) is 11.7 Å². The summed E-state index contributed by atoms with van der Waals surface area (Å²) in [6, 6.07) is 4.50. The summed E-state index contributed by atoms with van der Waals surface area (Å²) in [5, 5.41) is 5.91. The van der Waals surface area contributed by atoms with Gasteiger partial charge in [-0.25, -0.2) is 9.18 Å². The van der Waals surface area contributed by atoms with Crippen LogP contribution in [-0.2, 0) is 0 Å². The Labute approximate surface area is 131 Å². The summed E-state index contributed by atoms with van der Waals surface area (Å²) in [5.74, 6) is 0.291. The molecule has 1 aromatic carbocycles. The van der Waals surface area contributed by atoms with Crippen LogP contribution in [0.3, 0.4) is 0 Å². The van der Waals surface area contributed by atoms with Crippen molar-refractivity contribution >= 4 is 6.03 Å². The van der Waals surface area contributed by atoms with E-state index < -0.39 is 5.82 Å². The molecule has 0 unspecified atom stereocenters. The smallest absolute Gasteiger partial charge is 0.315 e. The van der Waals surface area contributed by atoms with Crippen molar-refractivity contribution < 1.29 is 13.9 Å². The molecule has 2 N–H and O–H groups in total. The Morgan fingerprint density at radius 2 is 2.09 bits per heavy atom. The largest absolute Gasteiger partial charge is 0.494 e. The van der Waals surface area contributed by atoms with Crippen LogP contribution in [0.5, 0.6) is 5.75 Å². The molecule has 122 valence electrons. The predicted octanol–water partition coefficient (Wildman–Crippen LogP) is 3.77. The van der Waals surface area contributed by atoms with Gasteiger partial charge < -0.3 is 15.4 Å². The molecule has 1 aliphatic carbocycles. The normalized spacial score (nSPS) is 22.7. The van der Waals surface area contributed by atoms with Gasteiger partial charge >= 0.3 is 6.03 Å². The maximum Gasteiger partial charge on any atom is 0.315 e. The van der Waals surface area contributed by atoms with Gasteiger partial charge in [-0.2, -0.15) is 0 Å². The molecule has 0 saturated heterocycles. The Morgan fingerprint density at radius 1 is 1.36 bits per heavy atom. The molecule has 2 amide bonds. The number of hydrogen-bond donors (Lipinski definition) is 2. The molecular formula is C17H25FN2O2. The van der Waals surface area contributed by atoms with Gasteiger partial charge in [0.15, 0.2) is 11.6 Å². The third-order valence-electron chi connectivity index (χ3n) is 4.45. The van der Waals surface area contributed by atoms with Crippen molar-refractivity contribution in [2.75, 3.05) is 7.11 Å². The highest BCUT2D eigenvalue weighted by molar-refractivity contribution is 5.74. The van der Waals surface area contributed by atoms with Gasteiger partial charge in [-0.05, 0) is 43.4 Å². The molecule has 0 aliphatic heterocycles. The van der Waals surface area contributed by atoms with Crippen molar-refractivity contribution in [3.63, 3.8) is 0 Å². The second-order valence-corrected chi connectivity index (χ2v) is 6.10. The Kier molecular flexibility index (Phi) is 5.63. The van der Waals surface area contributed by atoms with Crippen molar-refractivity contribution in [3.8, 4) is 5.75 Å². The first-order valence-electron chi connectivity index (χ1n) is 7.91. The monoisotopic (exact) mass is 308 g/mol. The molecule has 0 aromatic heterocycles. The zero-order valence-corrected chi connectivity index (χ0v) is 13.5. The summed E-state index contributed by atoms with van der Waals surface area (Å²) < 4.78 is 18.6. The van der Waals surface area contributed by atoms with E-state index in [-0.39, 0.29) is 23.9 Å². The zero-order chi connectivity index (χ0) is 16.1. The molecule has 0 bridgehead atoms. The summed E-state index contributed by atoms with van der Waals surface area (Å²) in [6.07, 6.45) is 4.58. The van der Waals surface area contributed by atoms with Crippen LogP contribution >= 0.6 is 0 Å². The number of benzene rings is 1. The Morgan fingerprint density at radius 3 is 2.73 bits per heavy atom. The second-order valence-electron chi connectivity index (χ2n) is 6.10. The quantitative estimate of drug-likeness (QED) is 0.889. The minimum Gasteiger partial charge on any atom is -0.494 e. The summed E-state index contributed by atoms with van der Waals surface area (Å²) in [7, 11) is 1.43. The summed E-state index contributed by atoms with van der Waals surface area (Å²) in [5.41, 5.74) is 0.713. The molecule has 1 aliphatic rings. The summed E-state index contributed by atoms with van der Waals surface area (Å²) in [6.45, 7) is 4.01. The average Bonchev–Trinajstić information content (AvgIpc) is 2.49. The maximum absolute atomic E-state index is 13.7. The van der Waals surface area contributed by atoms with Gasteiger partial charge in [-0.15, -0.1) is 0 Å². The van der Waals surface area contributed by atoms with E-state index in [9.17, 15) is 9.18 Å². The minimum absolute atomic E-state index is 0.192. The van der Waals surface area contributed by atoms with E-state index >= 15 is 0 Å². The van der Waals surface area contributed by atoms with Gasteiger partial charge in [-0.3, -0.25) is 0 Å². The summed E-state index contributed by atoms with van der Waals surface area (Å²) >= 11 is 0. The van der Waals surface area contributed by atoms with Gasteiger partial charge in [0.05, 0.1) is 13.2 Å². The number of urea groups is 1. The van der Waals surface area contributed by atoms with Crippen LogP contribution in [0.2, 0.25) is 0 Å². The lowest BCUT2D eigenvalue weighted by molar-refractivity contribution is 0.219. The predicted molar refractivity (Wildman–Crippen MR) is 84.5 cm³/mol. The second kappa shape index (κ2) is 7.47. The molecule has 2 rings (SSSR count). The molecule has 4 nitrogen and oxygen atoms in total. The fourth-order valence-corrected chi connectivity index (χ4v) is 2.97. The lowest BCUT2D eigenvalue weighted by Gasteiger charge is -2.30. The standard InChI is InChI=1S/C17H25FN2O2/c1-11-6-4-5-7-15(11)20-17(21)19-12(2)13-8-9-16(22-3)14(18)10-13/h8-12,15H,4-7H2,1-3H3,(H2,19,20,21)/t11-,12-,15-/m0/s1. The van der Waals surface area contributed by atoms with E-state index in [1.54, 1.807) is 12.1 Å².